The average molecular weight is 677 g/mol. The predicted octanol–water partition coefficient (Wildman–Crippen LogP) is 7.78. The van der Waals surface area contributed by atoms with Crippen molar-refractivity contribution < 1.29 is 36.6 Å². The number of carbonyl (C=O) groups is 1. The van der Waals surface area contributed by atoms with Gasteiger partial charge in [-0.1, -0.05) is 36.5 Å². The van der Waals surface area contributed by atoms with Crippen LogP contribution in [0.2, 0.25) is 24.2 Å². The van der Waals surface area contributed by atoms with Gasteiger partial charge < -0.3 is 29.4 Å². The normalized spacial score (nSPS) is 12.6. The molecule has 9 nitrogen and oxygen atoms in total. The minimum atomic E-state index is -3.41. The molecule has 2 aromatic heterocycles. The van der Waals surface area contributed by atoms with Crippen LogP contribution in [0.3, 0.4) is 0 Å². The zero-order valence-electron chi connectivity index (χ0n) is 25.2. The first-order chi connectivity index (χ1) is 20.6. The Hall–Kier alpha value is -3.01. The molecule has 241 valence electrons. The molecule has 0 atom stereocenters. The van der Waals surface area contributed by atoms with Crippen molar-refractivity contribution >= 4 is 60.1 Å². The summed E-state index contributed by atoms with van der Waals surface area (Å²) in [4.78, 5) is 19.8. The first-order valence-electron chi connectivity index (χ1n) is 13.5. The van der Waals surface area contributed by atoms with Gasteiger partial charge in [-0.25, -0.2) is 27.3 Å². The molecule has 0 spiro atoms. The minimum Gasteiger partial charge on any atom is -0.450 e. The number of fused-ring (bicyclic) bond motifs is 1. The van der Waals surface area contributed by atoms with E-state index in [-0.39, 0.29) is 28.4 Å². The molecule has 0 unspecified atom stereocenters. The molecule has 3 rings (SSSR count). The number of rotatable bonds is 12. The summed E-state index contributed by atoms with van der Waals surface area (Å²) < 4.78 is 76.8. The van der Waals surface area contributed by atoms with Crippen molar-refractivity contribution in [3.8, 4) is 11.5 Å². The first kappa shape index (κ1) is 35.5. The predicted molar refractivity (Wildman–Crippen MR) is 168 cm³/mol. The molecule has 2 heterocycles. The van der Waals surface area contributed by atoms with Crippen LogP contribution in [0.5, 0.6) is 11.5 Å². The number of alkyl halides is 2. The summed E-state index contributed by atoms with van der Waals surface area (Å²) in [5, 5.41) is 5.22. The van der Waals surface area contributed by atoms with Crippen molar-refractivity contribution in [1.82, 2.24) is 14.9 Å². The molecular weight excluding hydrogens is 642 g/mol. The molecule has 44 heavy (non-hydrogen) atoms. The molecule has 0 aliphatic heterocycles. The van der Waals surface area contributed by atoms with E-state index in [1.165, 1.54) is 12.3 Å². The van der Waals surface area contributed by atoms with Crippen molar-refractivity contribution in [1.29, 1.82) is 0 Å². The topological polar surface area (TPSA) is 99.0 Å². The van der Waals surface area contributed by atoms with Crippen molar-refractivity contribution in [2.45, 2.75) is 58.2 Å². The Morgan fingerprint density at radius 3 is 2.50 bits per heavy atom. The quantitative estimate of drug-likeness (QED) is 0.0665. The van der Waals surface area contributed by atoms with Gasteiger partial charge in [0.1, 0.15) is 30.3 Å². The van der Waals surface area contributed by atoms with E-state index in [1.54, 1.807) is 37.8 Å². The van der Waals surface area contributed by atoms with Crippen LogP contribution in [0.15, 0.2) is 35.6 Å². The Kier molecular flexibility index (Phi) is 12.3. The molecule has 0 aliphatic rings. The van der Waals surface area contributed by atoms with E-state index in [0.717, 1.165) is 29.9 Å². The van der Waals surface area contributed by atoms with Crippen LogP contribution in [0.25, 0.3) is 11.0 Å². The number of amides is 1. The lowest BCUT2D eigenvalue weighted by molar-refractivity contribution is 0.00390. The number of ether oxygens (including phenoxy) is 3. The van der Waals surface area contributed by atoms with Gasteiger partial charge in [0.25, 0.3) is 5.92 Å². The van der Waals surface area contributed by atoms with Crippen LogP contribution in [-0.2, 0) is 16.2 Å². The number of anilines is 1. The van der Waals surface area contributed by atoms with Crippen molar-refractivity contribution in [2.24, 2.45) is 4.99 Å². The largest absolute Gasteiger partial charge is 0.450 e. The maximum absolute atomic E-state index is 15.1. The number of aliphatic imine (C=N–C) groups is 1. The number of halogens is 5. The molecule has 1 aromatic carbocycles. The monoisotopic (exact) mass is 676 g/mol. The maximum atomic E-state index is 15.1. The fourth-order valence-corrected chi connectivity index (χ4v) is 4.90. The highest BCUT2D eigenvalue weighted by Gasteiger charge is 2.30. The highest BCUT2D eigenvalue weighted by molar-refractivity contribution is 8.13. The number of carbonyl (C=O) groups excluding carboxylic acids is 1. The van der Waals surface area contributed by atoms with Crippen LogP contribution in [0.4, 0.5) is 28.0 Å². The van der Waals surface area contributed by atoms with Crippen LogP contribution in [-0.4, -0.2) is 67.1 Å². The van der Waals surface area contributed by atoms with Crippen LogP contribution >= 0.6 is 23.4 Å². The van der Waals surface area contributed by atoms with Gasteiger partial charge in [-0.15, -0.1) is 0 Å². The molecule has 1 amide bonds. The fourth-order valence-electron chi connectivity index (χ4n) is 3.64. The highest BCUT2D eigenvalue weighted by atomic mass is 35.5. The number of nitrogens with one attached hydrogen (secondary N) is 2. The van der Waals surface area contributed by atoms with Crippen molar-refractivity contribution in [3.63, 3.8) is 0 Å². The number of pyridine rings is 1. The third-order valence-corrected chi connectivity index (χ3v) is 7.76. The Bertz CT molecular complexity index is 1460. The van der Waals surface area contributed by atoms with Crippen molar-refractivity contribution in [3.05, 3.63) is 47.2 Å². The summed E-state index contributed by atoms with van der Waals surface area (Å²) in [7, 11) is -0.430. The standard InChI is InChI=1S/C28H35ClF4N5O4SSi/c1-27(2,3)42-26(39)36-15-28(32,33)14-35-25(43-4)37-17-11-19(30)23(20(31)12-17)41-21-7-8-34-24-22(21)18(29)13-38(24)16-40-9-10-44(5)6/h7-8,11-13H,9-10,14-16H2,1-6H3,(H,35,37)(H,36,39). The zero-order valence-corrected chi connectivity index (χ0v) is 27.8. The zero-order chi connectivity index (χ0) is 32.7. The molecule has 3 aromatic rings. The van der Waals surface area contributed by atoms with E-state index in [4.69, 9.17) is 25.8 Å². The second-order valence-electron chi connectivity index (χ2n) is 11.0. The molecule has 0 aliphatic carbocycles. The number of thioether (sulfide) groups is 1. The first-order valence-corrected chi connectivity index (χ1v) is 17.8. The second-order valence-corrected chi connectivity index (χ2v) is 15.1. The van der Waals surface area contributed by atoms with Gasteiger partial charge in [-0.2, -0.15) is 0 Å². The SMILES string of the molecule is CSC(=NCC(F)(F)CNC(=O)OC(C)(C)C)Nc1cc(F)c(Oc2ccnc3c2c(Cl)cn3COCC[Si](C)C)c(F)c1. The van der Waals surface area contributed by atoms with Gasteiger partial charge in [0, 0.05) is 45.6 Å². The lowest BCUT2D eigenvalue weighted by Crippen LogP contribution is -2.41. The number of hydrogen-bond donors (Lipinski definition) is 2. The van der Waals surface area contributed by atoms with Gasteiger partial charge >= 0.3 is 6.09 Å². The molecule has 16 heteroatoms. The Morgan fingerprint density at radius 1 is 1.20 bits per heavy atom. The van der Waals surface area contributed by atoms with E-state index in [9.17, 15) is 13.6 Å². The van der Waals surface area contributed by atoms with E-state index >= 15 is 8.78 Å². The highest BCUT2D eigenvalue weighted by Crippen LogP contribution is 2.37. The van der Waals surface area contributed by atoms with Gasteiger partial charge in [0.2, 0.25) is 0 Å². The molecule has 0 saturated carbocycles. The Balaban J connectivity index is 1.71. The third-order valence-electron chi connectivity index (χ3n) is 5.65. The summed E-state index contributed by atoms with van der Waals surface area (Å²) in [6.07, 6.45) is 3.59. The summed E-state index contributed by atoms with van der Waals surface area (Å²) in [5.41, 5.74) is -0.505. The van der Waals surface area contributed by atoms with Crippen molar-refractivity contribution in [2.75, 3.05) is 31.3 Å². The smallest absolute Gasteiger partial charge is 0.407 e. The van der Waals surface area contributed by atoms with Crippen LogP contribution in [0, 0.1) is 11.6 Å². The summed E-state index contributed by atoms with van der Waals surface area (Å²) >= 11 is 7.38. The van der Waals surface area contributed by atoms with E-state index in [2.05, 4.69) is 28.4 Å². The van der Waals surface area contributed by atoms with Gasteiger partial charge in [-0.3, -0.25) is 4.99 Å². The summed E-state index contributed by atoms with van der Waals surface area (Å²) in [6, 6.07) is 4.31. The lowest BCUT2D eigenvalue weighted by atomic mass is 10.2. The van der Waals surface area contributed by atoms with Gasteiger partial charge in [0.05, 0.1) is 17.0 Å². The van der Waals surface area contributed by atoms with Crippen LogP contribution < -0.4 is 15.4 Å². The molecular formula is C28H35ClF4N5O4SSi. The number of nitrogens with zero attached hydrogens (tertiary/aromatic N) is 3. The number of benzene rings is 1. The number of amidine groups is 1. The number of alkyl carbamates (subject to hydrolysis) is 1. The summed E-state index contributed by atoms with van der Waals surface area (Å²) in [5.74, 6) is -6.13. The lowest BCUT2D eigenvalue weighted by Gasteiger charge is -2.21. The number of hydrogen-bond acceptors (Lipinski definition) is 7. The van der Waals surface area contributed by atoms with Gasteiger partial charge in [0.15, 0.2) is 22.6 Å². The van der Waals surface area contributed by atoms with E-state index in [0.29, 0.717) is 17.6 Å². The average Bonchev–Trinajstić information content (AvgIpc) is 3.25. The molecule has 2 N–H and O–H groups in total. The third kappa shape index (κ3) is 10.6. The molecule has 0 bridgehead atoms. The maximum Gasteiger partial charge on any atom is 0.407 e. The van der Waals surface area contributed by atoms with Crippen LogP contribution in [0.1, 0.15) is 20.8 Å². The molecule has 0 saturated heterocycles. The van der Waals surface area contributed by atoms with E-state index < -0.39 is 56.9 Å². The Morgan fingerprint density at radius 2 is 1.89 bits per heavy atom. The minimum absolute atomic E-state index is 0.0318. The molecule has 0 fully saturated rings. The molecule has 1 radical (unpaired) electrons. The van der Waals surface area contributed by atoms with Gasteiger partial charge in [-0.05, 0) is 39.1 Å². The second kappa shape index (κ2) is 15.3. The van der Waals surface area contributed by atoms with E-state index in [1.807, 2.05) is 5.32 Å². The fraction of sp³-hybridized carbons (Fsp3) is 0.464. The Labute approximate surface area is 264 Å². The number of aromatic nitrogens is 2. The summed E-state index contributed by atoms with van der Waals surface area (Å²) in [6.45, 7) is 7.97.